The lowest BCUT2D eigenvalue weighted by Crippen LogP contribution is -2.15. The molecule has 2 nitrogen and oxygen atoms in total. The fourth-order valence-electron chi connectivity index (χ4n) is 2.55. The van der Waals surface area contributed by atoms with Gasteiger partial charge in [0.15, 0.2) is 0 Å². The molecule has 0 bridgehead atoms. The first-order valence-corrected chi connectivity index (χ1v) is 7.25. The standard InChI is InChI=1S/C17H15ClFNO/c1-10-6-7-16(15(19)8-10)20-17(21)13-9-12(13)11-4-2-3-5-14(11)18/h2-8,12-13H,9H2,1H3,(H,20,21). The van der Waals surface area contributed by atoms with Crippen molar-refractivity contribution in [3.8, 4) is 0 Å². The molecule has 1 saturated carbocycles. The minimum absolute atomic E-state index is 0.132. The van der Waals surface area contributed by atoms with E-state index in [9.17, 15) is 9.18 Å². The summed E-state index contributed by atoms with van der Waals surface area (Å²) in [5, 5.41) is 3.34. The molecular weight excluding hydrogens is 289 g/mol. The van der Waals surface area contributed by atoms with E-state index in [1.54, 1.807) is 12.1 Å². The van der Waals surface area contributed by atoms with Crippen LogP contribution in [0.4, 0.5) is 10.1 Å². The molecule has 4 heteroatoms. The van der Waals surface area contributed by atoms with Crippen LogP contribution in [0.1, 0.15) is 23.5 Å². The summed E-state index contributed by atoms with van der Waals surface area (Å²) in [6, 6.07) is 12.3. The van der Waals surface area contributed by atoms with Gasteiger partial charge in [0.05, 0.1) is 5.69 Å². The van der Waals surface area contributed by atoms with Gasteiger partial charge in [-0.15, -0.1) is 0 Å². The predicted octanol–water partition coefficient (Wildman–Crippen LogP) is 4.53. The van der Waals surface area contributed by atoms with E-state index < -0.39 is 5.82 Å². The van der Waals surface area contributed by atoms with Crippen molar-refractivity contribution in [3.63, 3.8) is 0 Å². The van der Waals surface area contributed by atoms with Crippen molar-refractivity contribution in [1.29, 1.82) is 0 Å². The molecule has 2 aromatic rings. The van der Waals surface area contributed by atoms with Crippen molar-refractivity contribution < 1.29 is 9.18 Å². The van der Waals surface area contributed by atoms with Crippen LogP contribution in [-0.4, -0.2) is 5.91 Å². The monoisotopic (exact) mass is 303 g/mol. The van der Waals surface area contributed by atoms with E-state index in [1.807, 2.05) is 31.2 Å². The fourth-order valence-corrected chi connectivity index (χ4v) is 2.83. The van der Waals surface area contributed by atoms with E-state index in [2.05, 4.69) is 5.32 Å². The second-order valence-electron chi connectivity index (χ2n) is 5.44. The summed E-state index contributed by atoms with van der Waals surface area (Å²) in [6.45, 7) is 1.81. The second-order valence-corrected chi connectivity index (χ2v) is 5.85. The summed E-state index contributed by atoms with van der Waals surface area (Å²) >= 11 is 6.14. The Balaban J connectivity index is 1.70. The Morgan fingerprint density at radius 1 is 1.29 bits per heavy atom. The Labute approximate surface area is 127 Å². The number of carbonyl (C=O) groups excluding carboxylic acids is 1. The van der Waals surface area contributed by atoms with Crippen LogP contribution in [0.25, 0.3) is 0 Å². The Morgan fingerprint density at radius 2 is 2.05 bits per heavy atom. The quantitative estimate of drug-likeness (QED) is 0.887. The van der Waals surface area contributed by atoms with Crippen LogP contribution in [0, 0.1) is 18.7 Å². The van der Waals surface area contributed by atoms with Crippen molar-refractivity contribution in [2.45, 2.75) is 19.3 Å². The van der Waals surface area contributed by atoms with Gasteiger partial charge < -0.3 is 5.32 Å². The van der Waals surface area contributed by atoms with Gasteiger partial charge in [-0.3, -0.25) is 4.79 Å². The second kappa shape index (κ2) is 5.49. The number of carbonyl (C=O) groups is 1. The number of aryl methyl sites for hydroxylation is 1. The van der Waals surface area contributed by atoms with Gasteiger partial charge in [0, 0.05) is 10.9 Å². The molecule has 0 radical (unpaired) electrons. The molecule has 3 rings (SSSR count). The highest BCUT2D eigenvalue weighted by molar-refractivity contribution is 6.31. The molecule has 2 aromatic carbocycles. The summed E-state index contributed by atoms with van der Waals surface area (Å²) in [6.07, 6.45) is 0.753. The number of nitrogens with one attached hydrogen (secondary N) is 1. The lowest BCUT2D eigenvalue weighted by atomic mass is 10.1. The first-order chi connectivity index (χ1) is 10.1. The first kappa shape index (κ1) is 14.1. The first-order valence-electron chi connectivity index (χ1n) is 6.87. The number of hydrogen-bond acceptors (Lipinski definition) is 1. The van der Waals surface area contributed by atoms with Gasteiger partial charge in [-0.2, -0.15) is 0 Å². The molecule has 1 N–H and O–H groups in total. The molecule has 0 heterocycles. The largest absolute Gasteiger partial charge is 0.323 e. The topological polar surface area (TPSA) is 29.1 Å². The average Bonchev–Trinajstić information content (AvgIpc) is 3.23. The minimum Gasteiger partial charge on any atom is -0.323 e. The highest BCUT2D eigenvalue weighted by atomic mass is 35.5. The van der Waals surface area contributed by atoms with Gasteiger partial charge in [0.2, 0.25) is 5.91 Å². The van der Waals surface area contributed by atoms with Gasteiger partial charge in [-0.05, 0) is 48.6 Å². The normalized spacial score (nSPS) is 20.1. The van der Waals surface area contributed by atoms with Crippen molar-refractivity contribution in [2.24, 2.45) is 5.92 Å². The van der Waals surface area contributed by atoms with Gasteiger partial charge >= 0.3 is 0 Å². The summed E-state index contributed by atoms with van der Waals surface area (Å²) in [4.78, 5) is 12.2. The SMILES string of the molecule is Cc1ccc(NC(=O)C2CC2c2ccccc2Cl)c(F)c1. The summed E-state index contributed by atoms with van der Waals surface area (Å²) < 4.78 is 13.7. The van der Waals surface area contributed by atoms with Gasteiger partial charge in [0.1, 0.15) is 5.82 Å². The number of anilines is 1. The van der Waals surface area contributed by atoms with Crippen LogP contribution in [0.3, 0.4) is 0 Å². The van der Waals surface area contributed by atoms with Gasteiger partial charge in [-0.25, -0.2) is 4.39 Å². The third-order valence-electron chi connectivity index (χ3n) is 3.81. The van der Waals surface area contributed by atoms with Crippen molar-refractivity contribution in [3.05, 3.63) is 64.4 Å². The van der Waals surface area contributed by atoms with E-state index in [1.165, 1.54) is 6.07 Å². The number of rotatable bonds is 3. The van der Waals surface area contributed by atoms with Crippen molar-refractivity contribution in [1.82, 2.24) is 0 Å². The molecule has 108 valence electrons. The predicted molar refractivity (Wildman–Crippen MR) is 82.1 cm³/mol. The molecule has 1 fully saturated rings. The van der Waals surface area contributed by atoms with Crippen molar-refractivity contribution in [2.75, 3.05) is 5.32 Å². The van der Waals surface area contributed by atoms with Crippen LogP contribution in [0.15, 0.2) is 42.5 Å². The van der Waals surface area contributed by atoms with E-state index in [0.717, 1.165) is 17.5 Å². The molecule has 1 amide bonds. The zero-order chi connectivity index (χ0) is 15.0. The smallest absolute Gasteiger partial charge is 0.228 e. The number of amides is 1. The molecule has 0 spiro atoms. The van der Waals surface area contributed by atoms with Gasteiger partial charge in [-0.1, -0.05) is 35.9 Å². The summed E-state index contributed by atoms with van der Waals surface area (Å²) in [7, 11) is 0. The molecule has 1 aliphatic carbocycles. The molecule has 0 aromatic heterocycles. The van der Waals surface area contributed by atoms with E-state index in [4.69, 9.17) is 11.6 Å². The lowest BCUT2D eigenvalue weighted by molar-refractivity contribution is -0.117. The average molecular weight is 304 g/mol. The van der Waals surface area contributed by atoms with Crippen LogP contribution in [0.2, 0.25) is 5.02 Å². The van der Waals surface area contributed by atoms with Crippen LogP contribution < -0.4 is 5.32 Å². The van der Waals surface area contributed by atoms with Crippen LogP contribution >= 0.6 is 11.6 Å². The zero-order valence-corrected chi connectivity index (χ0v) is 12.3. The molecule has 0 aliphatic heterocycles. The molecule has 21 heavy (non-hydrogen) atoms. The van der Waals surface area contributed by atoms with Gasteiger partial charge in [0.25, 0.3) is 0 Å². The summed E-state index contributed by atoms with van der Waals surface area (Å²) in [5.74, 6) is -0.557. The van der Waals surface area contributed by atoms with E-state index in [0.29, 0.717) is 5.02 Å². The summed E-state index contributed by atoms with van der Waals surface area (Å²) in [5.41, 5.74) is 2.05. The molecule has 0 saturated heterocycles. The third kappa shape index (κ3) is 2.93. The van der Waals surface area contributed by atoms with E-state index >= 15 is 0 Å². The zero-order valence-electron chi connectivity index (χ0n) is 11.6. The van der Waals surface area contributed by atoms with Crippen molar-refractivity contribution >= 4 is 23.2 Å². The highest BCUT2D eigenvalue weighted by Gasteiger charge is 2.44. The maximum atomic E-state index is 13.7. The number of benzene rings is 2. The highest BCUT2D eigenvalue weighted by Crippen LogP contribution is 2.50. The van der Waals surface area contributed by atoms with Crippen LogP contribution in [0.5, 0.6) is 0 Å². The number of hydrogen-bond donors (Lipinski definition) is 1. The Bertz CT molecular complexity index is 701. The molecule has 2 atom stereocenters. The molecule has 1 aliphatic rings. The minimum atomic E-state index is -0.404. The lowest BCUT2D eigenvalue weighted by Gasteiger charge is -2.07. The maximum absolute atomic E-state index is 13.7. The molecular formula is C17H15ClFNO. The fraction of sp³-hybridized carbons (Fsp3) is 0.235. The Kier molecular flexibility index (Phi) is 3.68. The third-order valence-corrected chi connectivity index (χ3v) is 4.16. The maximum Gasteiger partial charge on any atom is 0.228 e. The number of halogens is 2. The molecule has 2 unspecified atom stereocenters. The Morgan fingerprint density at radius 3 is 2.76 bits per heavy atom. The van der Waals surface area contributed by atoms with Crippen LogP contribution in [-0.2, 0) is 4.79 Å². The van der Waals surface area contributed by atoms with E-state index in [-0.39, 0.29) is 23.4 Å². The Hall–Kier alpha value is -1.87.